The number of anilines is 2. The molecule has 3 aromatic carbocycles. The number of benzene rings is 3. The first-order valence-corrected chi connectivity index (χ1v) is 9.78. The topological polar surface area (TPSA) is 73.8 Å². The molecule has 3 aromatic rings. The molecule has 7 heteroatoms. The molecule has 0 aromatic heterocycles. The number of carbonyl (C=O) groups is 2. The van der Waals surface area contributed by atoms with Crippen molar-refractivity contribution < 1.29 is 14.0 Å². The van der Waals surface area contributed by atoms with Crippen LogP contribution in [0.3, 0.4) is 0 Å². The number of para-hydroxylation sites is 1. The van der Waals surface area contributed by atoms with Gasteiger partial charge in [-0.1, -0.05) is 54.6 Å². The van der Waals surface area contributed by atoms with Gasteiger partial charge >= 0.3 is 6.03 Å². The molecule has 0 radical (unpaired) electrons. The SMILES string of the molecule is Cc1ccc(F)cc1NC(=O)N[C@H]1N=C(c2ccccc2)c2ccccc2N(C)C1=O. The molecule has 3 amide bonds. The van der Waals surface area contributed by atoms with Gasteiger partial charge in [0, 0.05) is 23.9 Å². The molecule has 0 unspecified atom stereocenters. The first kappa shape index (κ1) is 20.3. The molecule has 2 N–H and O–H groups in total. The molecule has 0 saturated heterocycles. The molecule has 0 spiro atoms. The zero-order chi connectivity index (χ0) is 22.0. The van der Waals surface area contributed by atoms with Gasteiger partial charge in [-0.15, -0.1) is 0 Å². The van der Waals surface area contributed by atoms with Crippen LogP contribution in [0.25, 0.3) is 0 Å². The van der Waals surface area contributed by atoms with Gasteiger partial charge < -0.3 is 15.5 Å². The summed E-state index contributed by atoms with van der Waals surface area (Å²) in [4.78, 5) is 31.8. The second-order valence-electron chi connectivity index (χ2n) is 7.22. The van der Waals surface area contributed by atoms with Crippen LogP contribution in [0.1, 0.15) is 16.7 Å². The highest BCUT2D eigenvalue weighted by atomic mass is 19.1. The van der Waals surface area contributed by atoms with Crippen molar-refractivity contribution in [1.29, 1.82) is 0 Å². The van der Waals surface area contributed by atoms with Crippen molar-refractivity contribution in [2.75, 3.05) is 17.3 Å². The Morgan fingerprint density at radius 2 is 1.74 bits per heavy atom. The summed E-state index contributed by atoms with van der Waals surface area (Å²) in [6.07, 6.45) is -1.15. The number of nitrogens with one attached hydrogen (secondary N) is 2. The molecule has 156 valence electrons. The van der Waals surface area contributed by atoms with Crippen molar-refractivity contribution in [3.05, 3.63) is 95.3 Å². The van der Waals surface area contributed by atoms with E-state index >= 15 is 0 Å². The van der Waals surface area contributed by atoms with E-state index in [0.717, 1.165) is 11.1 Å². The maximum Gasteiger partial charge on any atom is 0.321 e. The average molecular weight is 416 g/mol. The number of hydrogen-bond donors (Lipinski definition) is 2. The van der Waals surface area contributed by atoms with E-state index in [2.05, 4.69) is 15.6 Å². The lowest BCUT2D eigenvalue weighted by atomic mass is 10.0. The summed E-state index contributed by atoms with van der Waals surface area (Å²) in [5, 5.41) is 5.22. The molecular formula is C24H21FN4O2. The molecule has 0 saturated carbocycles. The van der Waals surface area contributed by atoms with Crippen LogP contribution in [-0.4, -0.2) is 30.9 Å². The molecular weight excluding hydrogens is 395 g/mol. The third-order valence-corrected chi connectivity index (χ3v) is 5.11. The number of hydrogen-bond acceptors (Lipinski definition) is 3. The number of rotatable bonds is 3. The number of aliphatic imine (C=N–C) groups is 1. The van der Waals surface area contributed by atoms with Gasteiger partial charge in [0.25, 0.3) is 5.91 Å². The fourth-order valence-electron chi connectivity index (χ4n) is 3.45. The van der Waals surface area contributed by atoms with Crippen molar-refractivity contribution >= 4 is 29.0 Å². The van der Waals surface area contributed by atoms with Crippen molar-refractivity contribution in [2.24, 2.45) is 4.99 Å². The van der Waals surface area contributed by atoms with E-state index < -0.39 is 18.0 Å². The lowest BCUT2D eigenvalue weighted by molar-refractivity contribution is -0.119. The van der Waals surface area contributed by atoms with Crippen LogP contribution < -0.4 is 15.5 Å². The van der Waals surface area contributed by atoms with Gasteiger partial charge in [0.2, 0.25) is 6.17 Å². The summed E-state index contributed by atoms with van der Waals surface area (Å²) in [5.41, 5.74) is 3.92. The van der Waals surface area contributed by atoms with E-state index in [4.69, 9.17) is 0 Å². The van der Waals surface area contributed by atoms with E-state index in [1.165, 1.54) is 17.0 Å². The Balaban J connectivity index is 1.69. The molecule has 31 heavy (non-hydrogen) atoms. The number of nitrogens with zero attached hydrogens (tertiary/aromatic N) is 2. The number of benzodiazepines with no additional fused rings is 1. The fraction of sp³-hybridized carbons (Fsp3) is 0.125. The number of carbonyl (C=O) groups excluding carboxylic acids is 2. The Morgan fingerprint density at radius 1 is 1.03 bits per heavy atom. The molecule has 1 atom stereocenters. The predicted octanol–water partition coefficient (Wildman–Crippen LogP) is 4.10. The highest BCUT2D eigenvalue weighted by Gasteiger charge is 2.31. The molecule has 1 heterocycles. The normalized spacial score (nSPS) is 15.6. The second-order valence-corrected chi connectivity index (χ2v) is 7.22. The number of halogens is 1. The predicted molar refractivity (Wildman–Crippen MR) is 119 cm³/mol. The summed E-state index contributed by atoms with van der Waals surface area (Å²) in [7, 11) is 1.65. The lowest BCUT2D eigenvalue weighted by Crippen LogP contribution is -2.47. The van der Waals surface area contributed by atoms with Gasteiger partial charge in [-0.05, 0) is 30.7 Å². The van der Waals surface area contributed by atoms with Gasteiger partial charge in [0.05, 0.1) is 11.4 Å². The molecule has 6 nitrogen and oxygen atoms in total. The number of amides is 3. The minimum absolute atomic E-state index is 0.322. The van der Waals surface area contributed by atoms with Crippen molar-refractivity contribution in [3.8, 4) is 0 Å². The third-order valence-electron chi connectivity index (χ3n) is 5.11. The first-order chi connectivity index (χ1) is 14.9. The molecule has 0 fully saturated rings. The van der Waals surface area contributed by atoms with Gasteiger partial charge in [-0.3, -0.25) is 4.79 Å². The summed E-state index contributed by atoms with van der Waals surface area (Å²) < 4.78 is 13.6. The maximum atomic E-state index is 13.6. The zero-order valence-corrected chi connectivity index (χ0v) is 17.1. The Labute approximate surface area is 179 Å². The Kier molecular flexibility index (Phi) is 5.49. The van der Waals surface area contributed by atoms with Gasteiger partial charge in [0.1, 0.15) is 5.82 Å². The van der Waals surface area contributed by atoms with Gasteiger partial charge in [-0.2, -0.15) is 0 Å². The largest absolute Gasteiger partial charge is 0.321 e. The van der Waals surface area contributed by atoms with Crippen LogP contribution in [-0.2, 0) is 4.79 Å². The summed E-state index contributed by atoms with van der Waals surface area (Å²) >= 11 is 0. The molecule has 4 rings (SSSR count). The van der Waals surface area contributed by atoms with Crippen LogP contribution >= 0.6 is 0 Å². The first-order valence-electron chi connectivity index (χ1n) is 9.78. The molecule has 0 bridgehead atoms. The number of fused-ring (bicyclic) bond motifs is 1. The molecule has 1 aliphatic rings. The average Bonchev–Trinajstić information content (AvgIpc) is 2.88. The van der Waals surface area contributed by atoms with Gasteiger partial charge in [-0.25, -0.2) is 14.2 Å². The maximum absolute atomic E-state index is 13.6. The highest BCUT2D eigenvalue weighted by Crippen LogP contribution is 2.27. The number of urea groups is 1. The number of aryl methyl sites for hydroxylation is 1. The second kappa shape index (κ2) is 8.39. The summed E-state index contributed by atoms with van der Waals surface area (Å²) in [6.45, 7) is 1.75. The lowest BCUT2D eigenvalue weighted by Gasteiger charge is -2.21. The van der Waals surface area contributed by atoms with Crippen LogP contribution in [0.2, 0.25) is 0 Å². The van der Waals surface area contributed by atoms with Gasteiger partial charge in [0.15, 0.2) is 0 Å². The monoisotopic (exact) mass is 416 g/mol. The highest BCUT2D eigenvalue weighted by molar-refractivity contribution is 6.20. The van der Waals surface area contributed by atoms with E-state index in [-0.39, 0.29) is 5.91 Å². The Hall–Kier alpha value is -4.00. The van der Waals surface area contributed by atoms with E-state index in [0.29, 0.717) is 22.6 Å². The van der Waals surface area contributed by atoms with Crippen molar-refractivity contribution in [2.45, 2.75) is 13.1 Å². The van der Waals surface area contributed by atoms with Crippen LogP contribution in [0, 0.1) is 12.7 Å². The molecule has 1 aliphatic heterocycles. The minimum Gasteiger partial charge on any atom is -0.311 e. The zero-order valence-electron chi connectivity index (χ0n) is 17.1. The smallest absolute Gasteiger partial charge is 0.311 e. The Bertz CT molecular complexity index is 1180. The van der Waals surface area contributed by atoms with Crippen molar-refractivity contribution in [3.63, 3.8) is 0 Å². The Morgan fingerprint density at radius 3 is 2.52 bits per heavy atom. The number of likely N-dealkylation sites (N-methyl/N-ethyl adjacent to an activating group) is 1. The van der Waals surface area contributed by atoms with Crippen LogP contribution in [0.5, 0.6) is 0 Å². The van der Waals surface area contributed by atoms with Crippen LogP contribution in [0.15, 0.2) is 77.8 Å². The molecule has 0 aliphatic carbocycles. The fourth-order valence-corrected chi connectivity index (χ4v) is 3.45. The minimum atomic E-state index is -1.15. The van der Waals surface area contributed by atoms with E-state index in [9.17, 15) is 14.0 Å². The summed E-state index contributed by atoms with van der Waals surface area (Å²) in [6, 6.07) is 20.4. The quantitative estimate of drug-likeness (QED) is 0.675. The third kappa shape index (κ3) is 4.16. The van der Waals surface area contributed by atoms with Crippen molar-refractivity contribution in [1.82, 2.24) is 5.32 Å². The van der Waals surface area contributed by atoms with E-state index in [1.54, 1.807) is 20.0 Å². The van der Waals surface area contributed by atoms with Crippen LogP contribution in [0.4, 0.5) is 20.6 Å². The van der Waals surface area contributed by atoms with E-state index in [1.807, 2.05) is 54.6 Å². The standard InChI is InChI=1S/C24H21FN4O2/c1-15-12-13-17(25)14-19(15)26-24(31)28-22-23(30)29(2)20-11-7-6-10-18(20)21(27-22)16-8-4-3-5-9-16/h3-14,22H,1-2H3,(H2,26,28,31)/t22-/m1/s1. The summed E-state index contributed by atoms with van der Waals surface area (Å²) in [5.74, 6) is -0.851.